The van der Waals surface area contributed by atoms with Crippen LogP contribution < -0.4 is 4.74 Å². The van der Waals surface area contributed by atoms with Gasteiger partial charge in [-0.1, -0.05) is 12.1 Å². The number of nitrogens with zero attached hydrogens (tertiary/aromatic N) is 2. The molecular formula is C27H29F3N2O5S. The monoisotopic (exact) mass is 550 g/mol. The van der Waals surface area contributed by atoms with Crippen LogP contribution in [0.5, 0.6) is 5.75 Å². The van der Waals surface area contributed by atoms with E-state index in [1.54, 1.807) is 29.2 Å². The molecule has 3 heterocycles. The van der Waals surface area contributed by atoms with Crippen LogP contribution in [0, 0.1) is 0 Å². The summed E-state index contributed by atoms with van der Waals surface area (Å²) in [4.78, 5) is 14.8. The number of benzene rings is 2. The molecule has 2 aliphatic rings. The molecule has 5 rings (SSSR count). The number of hydrogen-bond donors (Lipinski definition) is 1. The number of aliphatic hydroxyl groups is 1. The summed E-state index contributed by atoms with van der Waals surface area (Å²) in [6.45, 7) is 2.78. The van der Waals surface area contributed by atoms with Gasteiger partial charge in [-0.25, -0.2) is 8.42 Å². The number of para-hydroxylation sites is 2. The smallest absolute Gasteiger partial charge is 0.431 e. The number of likely N-dealkylation sites (tertiary alicyclic amines) is 1. The van der Waals surface area contributed by atoms with E-state index in [0.29, 0.717) is 22.7 Å². The third-order valence-electron chi connectivity index (χ3n) is 7.43. The average Bonchev–Trinajstić information content (AvgIpc) is 3.36. The number of rotatable bonds is 4. The van der Waals surface area contributed by atoms with Crippen molar-refractivity contribution in [1.82, 2.24) is 9.47 Å². The molecule has 0 aliphatic carbocycles. The third kappa shape index (κ3) is 4.08. The van der Waals surface area contributed by atoms with Crippen molar-refractivity contribution >= 4 is 15.7 Å². The minimum absolute atomic E-state index is 0. The Morgan fingerprint density at radius 2 is 1.66 bits per heavy atom. The molecule has 0 bridgehead atoms. The van der Waals surface area contributed by atoms with E-state index in [-0.39, 0.29) is 38.2 Å². The van der Waals surface area contributed by atoms with E-state index in [0.717, 1.165) is 6.07 Å². The molecule has 38 heavy (non-hydrogen) atoms. The van der Waals surface area contributed by atoms with E-state index < -0.39 is 38.7 Å². The summed E-state index contributed by atoms with van der Waals surface area (Å²) >= 11 is 0. The lowest BCUT2D eigenvalue weighted by Gasteiger charge is -2.45. The maximum Gasteiger partial charge on any atom is 0.431 e. The van der Waals surface area contributed by atoms with Crippen LogP contribution in [0.3, 0.4) is 0 Å². The maximum absolute atomic E-state index is 13.8. The SMILES string of the molecule is CC(C)(CO)S(=O)(=O)c1ccc(C(=O)N2CCC3(CC2)Oc2ccccc2-n2c(C(F)(F)F)ccc23)cc1.[HH]. The average molecular weight is 551 g/mol. The second-order valence-electron chi connectivity index (χ2n) is 10.2. The fourth-order valence-corrected chi connectivity index (χ4v) is 6.36. The van der Waals surface area contributed by atoms with Crippen LogP contribution in [-0.4, -0.2) is 53.3 Å². The van der Waals surface area contributed by atoms with Crippen molar-refractivity contribution in [3.05, 3.63) is 77.6 Å². The number of ether oxygens (including phenoxy) is 1. The van der Waals surface area contributed by atoms with Crippen molar-refractivity contribution in [2.45, 2.75) is 48.1 Å². The number of aliphatic hydroxyl groups excluding tert-OH is 1. The second kappa shape index (κ2) is 8.88. The lowest BCUT2D eigenvalue weighted by molar-refractivity contribution is -0.143. The van der Waals surface area contributed by atoms with Crippen molar-refractivity contribution in [3.63, 3.8) is 0 Å². The number of amides is 1. The molecular weight excluding hydrogens is 521 g/mol. The Morgan fingerprint density at radius 3 is 2.26 bits per heavy atom. The lowest BCUT2D eigenvalue weighted by Crippen LogP contribution is -2.50. The fraction of sp³-hybridized carbons (Fsp3) is 0.370. The summed E-state index contributed by atoms with van der Waals surface area (Å²) in [6, 6.07) is 14.7. The van der Waals surface area contributed by atoms with Crippen molar-refractivity contribution in [1.29, 1.82) is 0 Å². The summed E-state index contributed by atoms with van der Waals surface area (Å²) in [6.07, 6.45) is -3.98. The number of hydrogen-bond acceptors (Lipinski definition) is 5. The molecule has 0 atom stereocenters. The first kappa shape index (κ1) is 26.3. The Morgan fingerprint density at radius 1 is 1.03 bits per heavy atom. The molecule has 1 N–H and O–H groups in total. The van der Waals surface area contributed by atoms with E-state index >= 15 is 0 Å². The number of piperidine rings is 1. The van der Waals surface area contributed by atoms with Crippen molar-refractivity contribution in [2.24, 2.45) is 0 Å². The maximum atomic E-state index is 13.8. The van der Waals surface area contributed by atoms with Crippen LogP contribution in [0.25, 0.3) is 5.69 Å². The number of aromatic nitrogens is 1. The Balaban J connectivity index is 0.00000353. The van der Waals surface area contributed by atoms with Gasteiger partial charge in [-0.05, 0) is 62.4 Å². The molecule has 11 heteroatoms. The number of halogens is 3. The van der Waals surface area contributed by atoms with Gasteiger partial charge in [0.1, 0.15) is 11.4 Å². The van der Waals surface area contributed by atoms with Gasteiger partial charge >= 0.3 is 6.18 Å². The van der Waals surface area contributed by atoms with Crippen LogP contribution in [0.1, 0.15) is 49.9 Å². The highest BCUT2D eigenvalue weighted by Gasteiger charge is 2.48. The molecule has 2 aliphatic heterocycles. The summed E-state index contributed by atoms with van der Waals surface area (Å²) in [5.74, 6) is 0.0388. The number of carbonyl (C=O) groups is 1. The first-order valence-electron chi connectivity index (χ1n) is 12.1. The zero-order valence-corrected chi connectivity index (χ0v) is 21.6. The first-order valence-corrected chi connectivity index (χ1v) is 13.6. The molecule has 204 valence electrons. The van der Waals surface area contributed by atoms with E-state index in [1.165, 1.54) is 48.7 Å². The molecule has 7 nitrogen and oxygen atoms in total. The predicted molar refractivity (Wildman–Crippen MR) is 135 cm³/mol. The molecule has 3 aromatic rings. The Labute approximate surface area is 219 Å². The van der Waals surface area contributed by atoms with E-state index in [2.05, 4.69) is 0 Å². The Kier molecular flexibility index (Phi) is 6.14. The summed E-state index contributed by atoms with van der Waals surface area (Å²) in [7, 11) is -3.81. The van der Waals surface area contributed by atoms with Gasteiger partial charge in [-0.15, -0.1) is 0 Å². The lowest BCUT2D eigenvalue weighted by atomic mass is 9.86. The number of fused-ring (bicyclic) bond motifs is 4. The van der Waals surface area contributed by atoms with Crippen LogP contribution >= 0.6 is 0 Å². The van der Waals surface area contributed by atoms with Crippen molar-refractivity contribution < 1.29 is 37.7 Å². The number of sulfone groups is 1. The standard InChI is InChI=1S/C27H27F3N2O5S.H2/c1-25(2,17-33)38(35,36)19-9-7-18(8-10-19)24(34)31-15-13-26(14-16-31)22-11-12-23(27(28,29)30)32(22)20-5-3-4-6-21(20)37-26;/h3-12,33H,13-17H2,1-2H3;1H. The van der Waals surface area contributed by atoms with Gasteiger partial charge in [0.2, 0.25) is 0 Å². The van der Waals surface area contributed by atoms with E-state index in [9.17, 15) is 31.5 Å². The van der Waals surface area contributed by atoms with Gasteiger partial charge < -0.3 is 19.3 Å². The molecule has 1 spiro atoms. The fourth-order valence-electron chi connectivity index (χ4n) is 5.06. The van der Waals surface area contributed by atoms with Crippen LogP contribution in [0.15, 0.2) is 65.6 Å². The molecule has 1 aromatic heterocycles. The molecule has 0 unspecified atom stereocenters. The second-order valence-corrected chi connectivity index (χ2v) is 12.8. The topological polar surface area (TPSA) is 88.8 Å². The van der Waals surface area contributed by atoms with Gasteiger partial charge in [-0.2, -0.15) is 13.2 Å². The summed E-state index contributed by atoms with van der Waals surface area (Å²) in [5.41, 5.74) is -0.789. The van der Waals surface area contributed by atoms with Gasteiger partial charge in [0.05, 0.1) is 27.6 Å². The van der Waals surface area contributed by atoms with Crippen molar-refractivity contribution in [2.75, 3.05) is 19.7 Å². The van der Waals surface area contributed by atoms with Crippen LogP contribution in [-0.2, 0) is 21.6 Å². The van der Waals surface area contributed by atoms with Gasteiger partial charge in [0.25, 0.3) is 5.91 Å². The summed E-state index contributed by atoms with van der Waals surface area (Å²) < 4.78 is 73.2. The molecule has 2 aromatic carbocycles. The number of alkyl halides is 3. The summed E-state index contributed by atoms with van der Waals surface area (Å²) in [5, 5.41) is 9.46. The normalized spacial score (nSPS) is 17.1. The Bertz CT molecular complexity index is 1490. The van der Waals surface area contributed by atoms with Crippen LogP contribution in [0.4, 0.5) is 13.2 Å². The van der Waals surface area contributed by atoms with Gasteiger partial charge in [-0.3, -0.25) is 4.79 Å². The van der Waals surface area contributed by atoms with Gasteiger partial charge in [0, 0.05) is 32.9 Å². The predicted octanol–water partition coefficient (Wildman–Crippen LogP) is 4.81. The largest absolute Gasteiger partial charge is 0.479 e. The van der Waals surface area contributed by atoms with E-state index in [1.807, 2.05) is 0 Å². The van der Waals surface area contributed by atoms with Gasteiger partial charge in [0.15, 0.2) is 15.4 Å². The van der Waals surface area contributed by atoms with Crippen LogP contribution in [0.2, 0.25) is 0 Å². The first-order chi connectivity index (χ1) is 17.8. The molecule has 1 fully saturated rings. The zero-order valence-electron chi connectivity index (χ0n) is 20.8. The highest BCUT2D eigenvalue weighted by Crippen LogP contribution is 2.48. The molecule has 1 saturated heterocycles. The molecule has 1 amide bonds. The van der Waals surface area contributed by atoms with Crippen molar-refractivity contribution in [3.8, 4) is 11.4 Å². The third-order valence-corrected chi connectivity index (χ3v) is 9.90. The number of carbonyl (C=O) groups excluding carboxylic acids is 1. The Hall–Kier alpha value is -3.31. The highest BCUT2D eigenvalue weighted by atomic mass is 32.2. The minimum atomic E-state index is -4.55. The molecule has 0 radical (unpaired) electrons. The highest BCUT2D eigenvalue weighted by molar-refractivity contribution is 7.92. The zero-order chi connectivity index (χ0) is 27.5. The van der Waals surface area contributed by atoms with E-state index in [4.69, 9.17) is 4.74 Å². The molecule has 0 saturated carbocycles. The quantitative estimate of drug-likeness (QED) is 0.504. The minimum Gasteiger partial charge on any atom is -0.479 e.